The van der Waals surface area contributed by atoms with Crippen molar-refractivity contribution in [3.8, 4) is 5.13 Å². The highest BCUT2D eigenvalue weighted by Crippen LogP contribution is 2.26. The van der Waals surface area contributed by atoms with Crippen LogP contribution in [0.5, 0.6) is 0 Å². The predicted octanol–water partition coefficient (Wildman–Crippen LogP) is 4.03. The number of carbonyl (C=O) groups excluding carboxylic acids is 1. The van der Waals surface area contributed by atoms with Crippen molar-refractivity contribution >= 4 is 55.7 Å². The largest absolute Gasteiger partial charge is 0.379 e. The van der Waals surface area contributed by atoms with Crippen LogP contribution in [0.2, 0.25) is 5.02 Å². The lowest BCUT2D eigenvalue weighted by Crippen LogP contribution is -2.37. The monoisotopic (exact) mass is 610 g/mol. The van der Waals surface area contributed by atoms with Gasteiger partial charge in [0.25, 0.3) is 11.1 Å². The molecule has 5 aromatic rings. The van der Waals surface area contributed by atoms with Crippen LogP contribution in [0.3, 0.4) is 0 Å². The van der Waals surface area contributed by atoms with E-state index >= 15 is 0 Å². The molecular weight excluding hydrogens is 583 g/mol. The molecule has 218 valence electrons. The SMILES string of the molecule is Cc1c2c(=O)n(-c3nc4ccccc4s3)n(CC(=O)Nc3ccc(F)c(Cl)c3)c2cc(=O)n1CCCN1CCOCC1. The number of carbonyl (C=O) groups is 1. The molecule has 0 aliphatic carbocycles. The Balaban J connectivity index is 1.40. The summed E-state index contributed by atoms with van der Waals surface area (Å²) in [6.07, 6.45) is 0.738. The summed E-state index contributed by atoms with van der Waals surface area (Å²) in [5, 5.41) is 3.29. The number of nitrogens with zero attached hydrogens (tertiary/aromatic N) is 5. The number of thiazole rings is 1. The van der Waals surface area contributed by atoms with Gasteiger partial charge in [0.1, 0.15) is 12.4 Å². The van der Waals surface area contributed by atoms with E-state index in [0.29, 0.717) is 52.7 Å². The van der Waals surface area contributed by atoms with Gasteiger partial charge in [0.2, 0.25) is 11.0 Å². The van der Waals surface area contributed by atoms with E-state index in [0.717, 1.165) is 36.8 Å². The van der Waals surface area contributed by atoms with E-state index in [1.165, 1.54) is 38.9 Å². The molecule has 0 bridgehead atoms. The third kappa shape index (κ3) is 5.50. The van der Waals surface area contributed by atoms with E-state index in [2.05, 4.69) is 15.2 Å². The van der Waals surface area contributed by atoms with Crippen molar-refractivity contribution in [3.05, 3.63) is 85.8 Å². The van der Waals surface area contributed by atoms with Crippen molar-refractivity contribution in [2.75, 3.05) is 38.2 Å². The fraction of sp³-hybridized carbons (Fsp3) is 0.310. The average Bonchev–Trinajstić information content (AvgIpc) is 3.51. The Morgan fingerprint density at radius 3 is 2.67 bits per heavy atom. The van der Waals surface area contributed by atoms with E-state index < -0.39 is 11.7 Å². The Morgan fingerprint density at radius 2 is 1.90 bits per heavy atom. The maximum atomic E-state index is 14.0. The number of benzene rings is 2. The summed E-state index contributed by atoms with van der Waals surface area (Å²) < 4.78 is 24.4. The normalized spacial score (nSPS) is 14.2. The highest BCUT2D eigenvalue weighted by atomic mass is 35.5. The zero-order chi connectivity index (χ0) is 29.4. The van der Waals surface area contributed by atoms with Gasteiger partial charge in [0.05, 0.1) is 39.4 Å². The summed E-state index contributed by atoms with van der Waals surface area (Å²) in [6, 6.07) is 12.8. The molecule has 6 rings (SSSR count). The van der Waals surface area contributed by atoms with Gasteiger partial charge >= 0.3 is 0 Å². The molecule has 1 aliphatic heterocycles. The number of aryl methyl sites for hydroxylation is 1. The molecule has 42 heavy (non-hydrogen) atoms. The number of para-hydroxylation sites is 1. The maximum Gasteiger partial charge on any atom is 0.283 e. The quantitative estimate of drug-likeness (QED) is 0.285. The van der Waals surface area contributed by atoms with E-state index in [4.69, 9.17) is 16.3 Å². The number of morpholine rings is 1. The third-order valence-electron chi connectivity index (χ3n) is 7.40. The van der Waals surface area contributed by atoms with Gasteiger partial charge in [-0.3, -0.25) is 24.0 Å². The minimum atomic E-state index is -0.604. The molecule has 4 heterocycles. The topological polar surface area (TPSA) is 103 Å². The zero-order valence-corrected chi connectivity index (χ0v) is 24.4. The minimum Gasteiger partial charge on any atom is -0.379 e. The predicted molar refractivity (Wildman–Crippen MR) is 162 cm³/mol. The van der Waals surface area contributed by atoms with Gasteiger partial charge in [0.15, 0.2) is 0 Å². The number of hydrogen-bond acceptors (Lipinski definition) is 7. The number of fused-ring (bicyclic) bond motifs is 2. The molecule has 1 fully saturated rings. The second kappa shape index (κ2) is 11.8. The smallest absolute Gasteiger partial charge is 0.283 e. The van der Waals surface area contributed by atoms with Gasteiger partial charge < -0.3 is 14.6 Å². The maximum absolute atomic E-state index is 14.0. The van der Waals surface area contributed by atoms with Crippen LogP contribution >= 0.6 is 22.9 Å². The lowest BCUT2D eigenvalue weighted by atomic mass is 10.2. The molecule has 2 aromatic carbocycles. The Hall–Kier alpha value is -3.84. The highest BCUT2D eigenvalue weighted by molar-refractivity contribution is 7.20. The first-order valence-electron chi connectivity index (χ1n) is 13.6. The van der Waals surface area contributed by atoms with Gasteiger partial charge in [-0.2, -0.15) is 4.68 Å². The molecule has 1 saturated heterocycles. The number of ether oxygens (including phenoxy) is 1. The van der Waals surface area contributed by atoms with Crippen molar-refractivity contribution < 1.29 is 13.9 Å². The van der Waals surface area contributed by atoms with Gasteiger partial charge in [-0.1, -0.05) is 35.1 Å². The minimum absolute atomic E-state index is 0.129. The van der Waals surface area contributed by atoms with E-state index in [1.54, 1.807) is 11.5 Å². The van der Waals surface area contributed by atoms with Crippen LogP contribution in [0.25, 0.3) is 26.3 Å². The van der Waals surface area contributed by atoms with Crippen molar-refractivity contribution in [2.45, 2.75) is 26.4 Å². The van der Waals surface area contributed by atoms with Crippen molar-refractivity contribution in [2.24, 2.45) is 0 Å². The fourth-order valence-electron chi connectivity index (χ4n) is 5.31. The van der Waals surface area contributed by atoms with Crippen LogP contribution in [0.15, 0.2) is 58.1 Å². The Morgan fingerprint density at radius 1 is 1.12 bits per heavy atom. The molecule has 0 saturated carbocycles. The molecule has 0 radical (unpaired) electrons. The van der Waals surface area contributed by atoms with Crippen LogP contribution in [-0.4, -0.2) is 62.6 Å². The van der Waals surface area contributed by atoms with Gasteiger partial charge in [-0.25, -0.2) is 9.37 Å². The highest BCUT2D eigenvalue weighted by Gasteiger charge is 2.23. The standard InChI is InChI=1S/C29H28ClFN6O4S/c1-18-27-23(16-26(39)35(18)10-4-9-34-11-13-41-14-12-34)36(17-25(38)32-19-7-8-21(31)20(30)15-19)37(28(27)40)29-33-22-5-2-3-6-24(22)42-29/h2-3,5-8,15-16H,4,9-14,17H2,1H3,(H,32,38). The van der Waals surface area contributed by atoms with Crippen LogP contribution in [0, 0.1) is 12.7 Å². The number of anilines is 1. The van der Waals surface area contributed by atoms with E-state index in [1.807, 2.05) is 24.3 Å². The molecule has 10 nitrogen and oxygen atoms in total. The summed E-state index contributed by atoms with van der Waals surface area (Å²) in [5.74, 6) is -1.09. The first-order valence-corrected chi connectivity index (χ1v) is 14.8. The first kappa shape index (κ1) is 28.3. The van der Waals surface area contributed by atoms with Crippen LogP contribution in [-0.2, 0) is 22.6 Å². The molecule has 1 N–H and O–H groups in total. The molecular formula is C29H28ClFN6O4S. The number of rotatable bonds is 8. The van der Waals surface area contributed by atoms with Gasteiger partial charge in [-0.05, 0) is 43.7 Å². The first-order chi connectivity index (χ1) is 20.3. The number of halogens is 2. The fourth-order valence-corrected chi connectivity index (χ4v) is 6.46. The number of hydrogen-bond donors (Lipinski definition) is 1. The third-order valence-corrected chi connectivity index (χ3v) is 8.70. The Labute approximate surface area is 248 Å². The van der Waals surface area contributed by atoms with E-state index in [9.17, 15) is 18.8 Å². The average molecular weight is 611 g/mol. The zero-order valence-electron chi connectivity index (χ0n) is 22.8. The van der Waals surface area contributed by atoms with Crippen molar-refractivity contribution in [3.63, 3.8) is 0 Å². The number of aromatic nitrogens is 4. The van der Waals surface area contributed by atoms with Crippen molar-refractivity contribution in [1.82, 2.24) is 23.8 Å². The Bertz CT molecular complexity index is 1890. The Kier molecular flexibility index (Phi) is 7.95. The summed E-state index contributed by atoms with van der Waals surface area (Å²) in [7, 11) is 0. The molecule has 1 aliphatic rings. The van der Waals surface area contributed by atoms with Crippen LogP contribution in [0.4, 0.5) is 10.1 Å². The molecule has 3 aromatic heterocycles. The number of nitrogens with one attached hydrogen (secondary N) is 1. The van der Waals surface area contributed by atoms with Crippen molar-refractivity contribution in [1.29, 1.82) is 0 Å². The number of amides is 1. The lowest BCUT2D eigenvalue weighted by Gasteiger charge is -2.26. The van der Waals surface area contributed by atoms with Crippen LogP contribution < -0.4 is 16.4 Å². The van der Waals surface area contributed by atoms with Gasteiger partial charge in [0, 0.05) is 43.6 Å². The molecule has 0 spiro atoms. The number of pyridine rings is 1. The summed E-state index contributed by atoms with van der Waals surface area (Å²) in [5.41, 5.74) is 1.24. The van der Waals surface area contributed by atoms with Crippen LogP contribution in [0.1, 0.15) is 12.1 Å². The lowest BCUT2D eigenvalue weighted by molar-refractivity contribution is -0.116. The second-order valence-electron chi connectivity index (χ2n) is 10.1. The summed E-state index contributed by atoms with van der Waals surface area (Å²) >= 11 is 7.20. The molecule has 0 unspecified atom stereocenters. The molecule has 0 atom stereocenters. The second-order valence-corrected chi connectivity index (χ2v) is 11.5. The molecule has 1 amide bonds. The summed E-state index contributed by atoms with van der Waals surface area (Å²) in [6.45, 7) is 5.84. The molecule has 13 heteroatoms. The van der Waals surface area contributed by atoms with Gasteiger partial charge in [-0.15, -0.1) is 0 Å². The summed E-state index contributed by atoms with van der Waals surface area (Å²) in [4.78, 5) is 47.6. The van der Waals surface area contributed by atoms with E-state index in [-0.39, 0.29) is 22.7 Å².